The zero-order chi connectivity index (χ0) is 13.0. The van der Waals surface area contributed by atoms with Gasteiger partial charge in [-0.2, -0.15) is 8.78 Å². The third kappa shape index (κ3) is 3.59. The molecule has 0 saturated carbocycles. The maximum Gasteiger partial charge on any atom is 0.387 e. The second-order valence-electron chi connectivity index (χ2n) is 3.43. The molecule has 0 atom stereocenters. The molecule has 0 radical (unpaired) electrons. The predicted octanol–water partition coefficient (Wildman–Crippen LogP) is 4.10. The summed E-state index contributed by atoms with van der Waals surface area (Å²) in [5.74, 6) is 0.847. The zero-order valence-corrected chi connectivity index (χ0v) is 11.4. The van der Waals surface area contributed by atoms with Crippen LogP contribution in [0.15, 0.2) is 40.8 Å². The molecule has 0 aliphatic heterocycles. The molecule has 6 heteroatoms. The normalized spacial score (nSPS) is 10.7. The second kappa shape index (κ2) is 6.03. The molecular formula is C12H10F2INO2. The number of nitrogens with one attached hydrogen (secondary N) is 1. The van der Waals surface area contributed by atoms with E-state index >= 15 is 0 Å². The molecule has 18 heavy (non-hydrogen) atoms. The van der Waals surface area contributed by atoms with Gasteiger partial charge in [0.15, 0.2) is 3.77 Å². The molecule has 0 saturated heterocycles. The summed E-state index contributed by atoms with van der Waals surface area (Å²) in [5, 5.41) is 2.99. The third-order valence-corrected chi connectivity index (χ3v) is 2.76. The highest BCUT2D eigenvalue weighted by atomic mass is 127. The van der Waals surface area contributed by atoms with Crippen LogP contribution in [0.3, 0.4) is 0 Å². The van der Waals surface area contributed by atoms with Crippen LogP contribution in [0.4, 0.5) is 14.5 Å². The number of hydrogen-bond acceptors (Lipinski definition) is 3. The molecule has 0 fully saturated rings. The molecule has 1 aromatic carbocycles. The van der Waals surface area contributed by atoms with Crippen LogP contribution in [-0.4, -0.2) is 6.61 Å². The van der Waals surface area contributed by atoms with E-state index in [1.807, 2.05) is 12.1 Å². The highest BCUT2D eigenvalue weighted by molar-refractivity contribution is 14.1. The van der Waals surface area contributed by atoms with Crippen molar-refractivity contribution in [2.45, 2.75) is 13.2 Å². The number of benzene rings is 1. The van der Waals surface area contributed by atoms with Crippen LogP contribution in [0.2, 0.25) is 0 Å². The van der Waals surface area contributed by atoms with E-state index < -0.39 is 6.61 Å². The van der Waals surface area contributed by atoms with Crippen LogP contribution in [0.25, 0.3) is 0 Å². The Morgan fingerprint density at radius 1 is 1.22 bits per heavy atom. The number of rotatable bonds is 5. The Kier molecular flexibility index (Phi) is 4.40. The fourth-order valence-electron chi connectivity index (χ4n) is 1.44. The first kappa shape index (κ1) is 13.1. The summed E-state index contributed by atoms with van der Waals surface area (Å²) in [6.45, 7) is -2.43. The van der Waals surface area contributed by atoms with E-state index in [9.17, 15) is 8.78 Å². The lowest BCUT2D eigenvalue weighted by molar-refractivity contribution is -0.0493. The van der Waals surface area contributed by atoms with Gasteiger partial charge < -0.3 is 14.5 Å². The number of hydrogen-bond donors (Lipinski definition) is 1. The summed E-state index contributed by atoms with van der Waals surface area (Å²) < 4.78 is 34.9. The molecule has 0 bridgehead atoms. The van der Waals surface area contributed by atoms with Gasteiger partial charge in [-0.15, -0.1) is 0 Å². The van der Waals surface area contributed by atoms with E-state index in [4.69, 9.17) is 4.42 Å². The molecule has 0 aliphatic rings. The van der Waals surface area contributed by atoms with Gasteiger partial charge in [0, 0.05) is 0 Å². The molecule has 3 nitrogen and oxygen atoms in total. The van der Waals surface area contributed by atoms with Crippen molar-refractivity contribution in [2.75, 3.05) is 5.32 Å². The third-order valence-electron chi connectivity index (χ3n) is 2.19. The lowest BCUT2D eigenvalue weighted by Crippen LogP contribution is -2.06. The van der Waals surface area contributed by atoms with Crippen LogP contribution < -0.4 is 10.1 Å². The smallest absolute Gasteiger partial charge is 0.387 e. The molecule has 2 rings (SSSR count). The molecule has 0 aliphatic carbocycles. The van der Waals surface area contributed by atoms with Crippen molar-refractivity contribution in [3.05, 3.63) is 45.9 Å². The van der Waals surface area contributed by atoms with Crippen molar-refractivity contribution in [1.82, 2.24) is 0 Å². The maximum atomic E-state index is 12.2. The molecule has 96 valence electrons. The summed E-state index contributed by atoms with van der Waals surface area (Å²) >= 11 is 2.06. The number of ether oxygens (including phenoxy) is 1. The lowest BCUT2D eigenvalue weighted by atomic mass is 10.3. The minimum atomic E-state index is -2.84. The lowest BCUT2D eigenvalue weighted by Gasteiger charge is -2.11. The molecule has 1 heterocycles. The van der Waals surface area contributed by atoms with E-state index in [-0.39, 0.29) is 5.75 Å². The minimum absolute atomic E-state index is 0.119. The summed E-state index contributed by atoms with van der Waals surface area (Å²) in [5.41, 5.74) is 0.504. The van der Waals surface area contributed by atoms with Crippen LogP contribution in [0.1, 0.15) is 5.76 Å². The quantitative estimate of drug-likeness (QED) is 0.811. The Bertz CT molecular complexity index is 516. The van der Waals surface area contributed by atoms with E-state index in [1.54, 1.807) is 18.2 Å². The van der Waals surface area contributed by atoms with Crippen LogP contribution >= 0.6 is 22.6 Å². The van der Waals surface area contributed by atoms with Crippen molar-refractivity contribution in [2.24, 2.45) is 0 Å². The number of furan rings is 1. The van der Waals surface area contributed by atoms with Gasteiger partial charge in [0.2, 0.25) is 0 Å². The van der Waals surface area contributed by atoms with E-state index in [1.165, 1.54) is 6.07 Å². The van der Waals surface area contributed by atoms with Gasteiger partial charge in [-0.05, 0) is 46.9 Å². The maximum absolute atomic E-state index is 12.2. The first-order chi connectivity index (χ1) is 8.65. The average molecular weight is 365 g/mol. The molecule has 0 spiro atoms. The predicted molar refractivity (Wildman–Crippen MR) is 71.8 cm³/mol. The highest BCUT2D eigenvalue weighted by Crippen LogP contribution is 2.26. The second-order valence-corrected chi connectivity index (χ2v) is 4.50. The highest BCUT2D eigenvalue weighted by Gasteiger charge is 2.09. The van der Waals surface area contributed by atoms with Crippen LogP contribution in [0.5, 0.6) is 5.75 Å². The number of para-hydroxylation sites is 2. The largest absolute Gasteiger partial charge is 0.454 e. The average Bonchev–Trinajstić information content (AvgIpc) is 2.73. The number of halogens is 3. The van der Waals surface area contributed by atoms with Crippen molar-refractivity contribution >= 4 is 28.3 Å². The molecule has 0 unspecified atom stereocenters. The molecule has 0 amide bonds. The van der Waals surface area contributed by atoms with Crippen molar-refractivity contribution in [3.63, 3.8) is 0 Å². The summed E-state index contributed by atoms with van der Waals surface area (Å²) in [7, 11) is 0. The SMILES string of the molecule is FC(F)Oc1ccccc1NCc1ccc(I)o1. The molecule has 1 N–H and O–H groups in total. The van der Waals surface area contributed by atoms with Crippen molar-refractivity contribution in [3.8, 4) is 5.75 Å². The van der Waals surface area contributed by atoms with Crippen molar-refractivity contribution in [1.29, 1.82) is 0 Å². The Hall–Kier alpha value is -1.31. The standard InChI is InChI=1S/C12H10F2INO2/c13-12(14)18-10-4-2-1-3-9(10)16-7-8-5-6-11(15)17-8/h1-6,12,16H,7H2. The summed E-state index contributed by atoms with van der Waals surface area (Å²) in [6, 6.07) is 10.2. The minimum Gasteiger partial charge on any atom is -0.454 e. The number of alkyl halides is 2. The monoisotopic (exact) mass is 365 g/mol. The number of anilines is 1. The van der Waals surface area contributed by atoms with Gasteiger partial charge in [0.05, 0.1) is 12.2 Å². The fourth-order valence-corrected chi connectivity index (χ4v) is 1.90. The van der Waals surface area contributed by atoms with Crippen LogP contribution in [0, 0.1) is 3.77 Å². The van der Waals surface area contributed by atoms with Crippen LogP contribution in [-0.2, 0) is 6.54 Å². The van der Waals surface area contributed by atoms with E-state index in [2.05, 4.69) is 32.6 Å². The van der Waals surface area contributed by atoms with Gasteiger partial charge in [-0.1, -0.05) is 12.1 Å². The van der Waals surface area contributed by atoms with E-state index in [0.29, 0.717) is 12.2 Å². The Balaban J connectivity index is 2.04. The Morgan fingerprint density at radius 2 is 2.00 bits per heavy atom. The van der Waals surface area contributed by atoms with Gasteiger partial charge in [-0.25, -0.2) is 0 Å². The van der Waals surface area contributed by atoms with Gasteiger partial charge >= 0.3 is 6.61 Å². The molecule has 2 aromatic rings. The fraction of sp³-hybridized carbons (Fsp3) is 0.167. The molecular weight excluding hydrogens is 355 g/mol. The summed E-state index contributed by atoms with van der Waals surface area (Å²) in [4.78, 5) is 0. The first-order valence-electron chi connectivity index (χ1n) is 5.17. The topological polar surface area (TPSA) is 34.4 Å². The Morgan fingerprint density at radius 3 is 2.67 bits per heavy atom. The summed E-state index contributed by atoms with van der Waals surface area (Å²) in [6.07, 6.45) is 0. The van der Waals surface area contributed by atoms with Gasteiger partial charge in [0.1, 0.15) is 11.5 Å². The zero-order valence-electron chi connectivity index (χ0n) is 9.20. The Labute approximate surface area is 116 Å². The van der Waals surface area contributed by atoms with Gasteiger partial charge in [0.25, 0.3) is 0 Å². The van der Waals surface area contributed by atoms with Crippen molar-refractivity contribution < 1.29 is 17.9 Å². The van der Waals surface area contributed by atoms with Gasteiger partial charge in [-0.3, -0.25) is 0 Å². The van der Waals surface area contributed by atoms with E-state index in [0.717, 1.165) is 9.53 Å². The first-order valence-corrected chi connectivity index (χ1v) is 6.25. The molecule has 1 aromatic heterocycles.